The molecule has 26 heavy (non-hydrogen) atoms. The van der Waals surface area contributed by atoms with E-state index in [9.17, 15) is 0 Å². The van der Waals surface area contributed by atoms with Gasteiger partial charge >= 0.3 is 0 Å². The summed E-state index contributed by atoms with van der Waals surface area (Å²) in [4.78, 5) is 13.4. The molecule has 0 fully saturated rings. The quantitative estimate of drug-likeness (QED) is 0.633. The van der Waals surface area contributed by atoms with Crippen molar-refractivity contribution in [1.29, 1.82) is 0 Å². The van der Waals surface area contributed by atoms with Crippen molar-refractivity contribution < 1.29 is 0 Å². The first kappa shape index (κ1) is 20.0. The van der Waals surface area contributed by atoms with Gasteiger partial charge in [-0.2, -0.15) is 4.98 Å². The first-order chi connectivity index (χ1) is 12.5. The van der Waals surface area contributed by atoms with Crippen molar-refractivity contribution in [1.82, 2.24) is 14.9 Å². The summed E-state index contributed by atoms with van der Waals surface area (Å²) in [5.41, 5.74) is 3.46. The Hall–Kier alpha value is -2.34. The maximum absolute atomic E-state index is 4.56. The fourth-order valence-electron chi connectivity index (χ4n) is 2.82. The van der Waals surface area contributed by atoms with E-state index in [2.05, 4.69) is 83.5 Å². The van der Waals surface area contributed by atoms with Crippen molar-refractivity contribution in [3.8, 4) is 0 Å². The van der Waals surface area contributed by atoms with E-state index >= 15 is 0 Å². The van der Waals surface area contributed by atoms with E-state index < -0.39 is 0 Å². The molecule has 0 atom stereocenters. The van der Waals surface area contributed by atoms with E-state index in [0.29, 0.717) is 5.95 Å². The van der Waals surface area contributed by atoms with Gasteiger partial charge in [0, 0.05) is 37.2 Å². The minimum atomic E-state index is 0.612. The zero-order valence-electron chi connectivity index (χ0n) is 16.7. The lowest BCUT2D eigenvalue weighted by atomic mass is 10.1. The predicted molar refractivity (Wildman–Crippen MR) is 112 cm³/mol. The molecule has 0 saturated carbocycles. The maximum atomic E-state index is 4.56. The fourth-order valence-corrected chi connectivity index (χ4v) is 2.82. The summed E-state index contributed by atoms with van der Waals surface area (Å²) >= 11 is 0. The van der Waals surface area contributed by atoms with E-state index in [1.165, 1.54) is 11.3 Å². The number of hydrogen-bond acceptors (Lipinski definition) is 6. The molecule has 0 spiro atoms. The van der Waals surface area contributed by atoms with Gasteiger partial charge in [-0.05, 0) is 77.7 Å². The fraction of sp³-hybridized carbons (Fsp3) is 0.500. The van der Waals surface area contributed by atoms with Crippen LogP contribution in [0.1, 0.15) is 25.8 Å². The van der Waals surface area contributed by atoms with Crippen LogP contribution < -0.4 is 15.5 Å². The highest BCUT2D eigenvalue weighted by Gasteiger charge is 2.07. The highest BCUT2D eigenvalue weighted by atomic mass is 15.1. The Kier molecular flexibility index (Phi) is 7.66. The Morgan fingerprint density at radius 3 is 2.50 bits per heavy atom. The predicted octanol–water partition coefficient (Wildman–Crippen LogP) is 3.74. The van der Waals surface area contributed by atoms with Gasteiger partial charge in [0.2, 0.25) is 5.95 Å². The summed E-state index contributed by atoms with van der Waals surface area (Å²) in [5, 5.41) is 6.69. The first-order valence-corrected chi connectivity index (χ1v) is 9.37. The summed E-state index contributed by atoms with van der Waals surface area (Å²) in [6.45, 7) is 10.4. The van der Waals surface area contributed by atoms with Crippen LogP contribution in [0.4, 0.5) is 23.1 Å². The van der Waals surface area contributed by atoms with Crippen molar-refractivity contribution >= 4 is 23.1 Å². The van der Waals surface area contributed by atoms with Gasteiger partial charge in [-0.1, -0.05) is 0 Å². The Morgan fingerprint density at radius 1 is 1.08 bits per heavy atom. The molecular weight excluding hydrogens is 324 g/mol. The molecule has 2 rings (SSSR count). The molecule has 142 valence electrons. The molecule has 0 aliphatic heterocycles. The second-order valence-electron chi connectivity index (χ2n) is 6.65. The van der Waals surface area contributed by atoms with Crippen LogP contribution in [0.25, 0.3) is 0 Å². The van der Waals surface area contributed by atoms with Crippen LogP contribution in [0.15, 0.2) is 30.5 Å². The van der Waals surface area contributed by atoms with Gasteiger partial charge in [0.05, 0.1) is 0 Å². The molecular formula is C20H32N6. The number of anilines is 4. The van der Waals surface area contributed by atoms with Gasteiger partial charge in [-0.25, -0.2) is 4.98 Å². The SMILES string of the molecule is CCN(CC)c1ccc(Nc2nccc(NCCCN(C)C)n2)c(C)c1. The Balaban J connectivity index is 2.01. The Labute approximate surface area is 157 Å². The molecule has 1 heterocycles. The maximum Gasteiger partial charge on any atom is 0.229 e. The molecule has 6 heteroatoms. The van der Waals surface area contributed by atoms with Gasteiger partial charge in [0.25, 0.3) is 0 Å². The van der Waals surface area contributed by atoms with Gasteiger partial charge in [0.1, 0.15) is 5.82 Å². The molecule has 0 aliphatic carbocycles. The van der Waals surface area contributed by atoms with Crippen molar-refractivity contribution in [2.45, 2.75) is 27.2 Å². The summed E-state index contributed by atoms with van der Waals surface area (Å²) in [6, 6.07) is 8.35. The van der Waals surface area contributed by atoms with Crippen LogP contribution in [0, 0.1) is 6.92 Å². The van der Waals surface area contributed by atoms with Crippen LogP contribution in [0.2, 0.25) is 0 Å². The lowest BCUT2D eigenvalue weighted by molar-refractivity contribution is 0.405. The largest absolute Gasteiger partial charge is 0.372 e. The number of benzene rings is 1. The third-order valence-corrected chi connectivity index (χ3v) is 4.33. The van der Waals surface area contributed by atoms with Crippen LogP contribution in [0.3, 0.4) is 0 Å². The smallest absolute Gasteiger partial charge is 0.229 e. The van der Waals surface area contributed by atoms with Crippen molar-refractivity contribution in [3.63, 3.8) is 0 Å². The van der Waals surface area contributed by atoms with E-state index in [0.717, 1.165) is 44.1 Å². The van der Waals surface area contributed by atoms with Gasteiger partial charge in [0.15, 0.2) is 0 Å². The minimum Gasteiger partial charge on any atom is -0.372 e. The molecule has 2 aromatic rings. The topological polar surface area (TPSA) is 56.3 Å². The van der Waals surface area contributed by atoms with Crippen LogP contribution in [-0.4, -0.2) is 55.1 Å². The molecule has 6 nitrogen and oxygen atoms in total. The third-order valence-electron chi connectivity index (χ3n) is 4.33. The number of aryl methyl sites for hydroxylation is 1. The number of nitrogens with zero attached hydrogens (tertiary/aromatic N) is 4. The third kappa shape index (κ3) is 5.88. The van der Waals surface area contributed by atoms with Crippen LogP contribution >= 0.6 is 0 Å². The van der Waals surface area contributed by atoms with Crippen molar-refractivity contribution in [3.05, 3.63) is 36.0 Å². The molecule has 1 aromatic heterocycles. The Bertz CT molecular complexity index is 682. The highest BCUT2D eigenvalue weighted by molar-refractivity contribution is 5.64. The van der Waals surface area contributed by atoms with E-state index in [-0.39, 0.29) is 0 Å². The lowest BCUT2D eigenvalue weighted by Crippen LogP contribution is -2.21. The second kappa shape index (κ2) is 9.97. The molecule has 0 saturated heterocycles. The van der Waals surface area contributed by atoms with Crippen LogP contribution in [0.5, 0.6) is 0 Å². The monoisotopic (exact) mass is 356 g/mol. The molecule has 1 aromatic carbocycles. The van der Waals surface area contributed by atoms with E-state index in [1.54, 1.807) is 6.20 Å². The van der Waals surface area contributed by atoms with Crippen LogP contribution in [-0.2, 0) is 0 Å². The summed E-state index contributed by atoms with van der Waals surface area (Å²) in [6.07, 6.45) is 2.86. The molecule has 2 N–H and O–H groups in total. The van der Waals surface area contributed by atoms with E-state index in [1.807, 2.05) is 6.07 Å². The van der Waals surface area contributed by atoms with E-state index in [4.69, 9.17) is 0 Å². The first-order valence-electron chi connectivity index (χ1n) is 9.37. The average molecular weight is 357 g/mol. The molecule has 0 bridgehead atoms. The normalized spacial score (nSPS) is 10.8. The van der Waals surface area contributed by atoms with Gasteiger partial charge < -0.3 is 20.4 Å². The zero-order chi connectivity index (χ0) is 18.9. The van der Waals surface area contributed by atoms with Crippen molar-refractivity contribution in [2.75, 3.05) is 55.8 Å². The Morgan fingerprint density at radius 2 is 1.85 bits per heavy atom. The number of hydrogen-bond donors (Lipinski definition) is 2. The number of nitrogens with one attached hydrogen (secondary N) is 2. The van der Waals surface area contributed by atoms with Gasteiger partial charge in [-0.15, -0.1) is 0 Å². The van der Waals surface area contributed by atoms with Gasteiger partial charge in [-0.3, -0.25) is 0 Å². The standard InChI is InChI=1S/C20H32N6/c1-6-26(7-2)17-9-10-18(16(3)15-17)23-20-22-13-11-19(24-20)21-12-8-14-25(4)5/h9-11,13,15H,6-8,12,14H2,1-5H3,(H2,21,22,23,24). The minimum absolute atomic E-state index is 0.612. The number of rotatable bonds is 10. The average Bonchev–Trinajstić information content (AvgIpc) is 2.62. The molecule has 0 aliphatic rings. The summed E-state index contributed by atoms with van der Waals surface area (Å²) < 4.78 is 0. The zero-order valence-corrected chi connectivity index (χ0v) is 16.7. The lowest BCUT2D eigenvalue weighted by Gasteiger charge is -2.22. The molecule has 0 amide bonds. The molecule has 0 unspecified atom stereocenters. The summed E-state index contributed by atoms with van der Waals surface area (Å²) in [7, 11) is 4.17. The second-order valence-corrected chi connectivity index (χ2v) is 6.65. The highest BCUT2D eigenvalue weighted by Crippen LogP contribution is 2.24. The summed E-state index contributed by atoms with van der Waals surface area (Å²) in [5.74, 6) is 1.46. The molecule has 0 radical (unpaired) electrons. The number of aromatic nitrogens is 2. The van der Waals surface area contributed by atoms with Crippen molar-refractivity contribution in [2.24, 2.45) is 0 Å².